The van der Waals surface area contributed by atoms with Crippen LogP contribution in [0.4, 0.5) is 11.8 Å². The summed E-state index contributed by atoms with van der Waals surface area (Å²) in [6.45, 7) is 4.84. The van der Waals surface area contributed by atoms with Gasteiger partial charge in [-0.25, -0.2) is 10.8 Å². The number of rotatable bonds is 4. The molecular formula is C14H19N5. The van der Waals surface area contributed by atoms with Gasteiger partial charge in [0, 0.05) is 25.4 Å². The molecule has 19 heavy (non-hydrogen) atoms. The second-order valence-corrected chi connectivity index (χ2v) is 4.62. The number of nitrogens with two attached hydrogens (primary N) is 1. The number of nitrogen functional groups attached to an aromatic ring is 1. The molecule has 5 heteroatoms. The molecule has 0 amide bonds. The Morgan fingerprint density at radius 3 is 2.63 bits per heavy atom. The number of nitrogens with zero attached hydrogens (tertiary/aromatic N) is 3. The maximum absolute atomic E-state index is 5.37. The van der Waals surface area contributed by atoms with E-state index in [0.29, 0.717) is 5.95 Å². The summed E-state index contributed by atoms with van der Waals surface area (Å²) in [5.74, 6) is 6.66. The molecule has 0 spiro atoms. The van der Waals surface area contributed by atoms with Crippen LogP contribution in [0, 0.1) is 13.8 Å². The van der Waals surface area contributed by atoms with E-state index in [4.69, 9.17) is 5.84 Å². The minimum Gasteiger partial charge on any atom is -0.355 e. The number of hydrogen-bond donors (Lipinski definition) is 2. The quantitative estimate of drug-likeness (QED) is 0.648. The average Bonchev–Trinajstić information content (AvgIpc) is 2.40. The van der Waals surface area contributed by atoms with Gasteiger partial charge < -0.3 is 4.90 Å². The number of anilines is 2. The molecule has 0 aliphatic heterocycles. The highest BCUT2D eigenvalue weighted by Gasteiger charge is 2.08. The van der Waals surface area contributed by atoms with Crippen LogP contribution in [0.15, 0.2) is 30.3 Å². The lowest BCUT2D eigenvalue weighted by Gasteiger charge is -2.20. The van der Waals surface area contributed by atoms with Crippen molar-refractivity contribution in [2.45, 2.75) is 20.4 Å². The molecule has 1 heterocycles. The van der Waals surface area contributed by atoms with E-state index in [0.717, 1.165) is 18.1 Å². The predicted octanol–water partition coefficient (Wildman–Crippen LogP) is 2.02. The lowest BCUT2D eigenvalue weighted by Crippen LogP contribution is -2.20. The van der Waals surface area contributed by atoms with E-state index in [9.17, 15) is 0 Å². The topological polar surface area (TPSA) is 67.1 Å². The van der Waals surface area contributed by atoms with E-state index in [2.05, 4.69) is 39.4 Å². The molecule has 5 nitrogen and oxygen atoms in total. The first kappa shape index (κ1) is 13.3. The van der Waals surface area contributed by atoms with Gasteiger partial charge in [0.25, 0.3) is 0 Å². The van der Waals surface area contributed by atoms with Crippen molar-refractivity contribution in [3.05, 3.63) is 47.2 Å². The second-order valence-electron chi connectivity index (χ2n) is 4.62. The van der Waals surface area contributed by atoms with Crippen LogP contribution in [0.5, 0.6) is 0 Å². The zero-order valence-corrected chi connectivity index (χ0v) is 11.5. The number of aromatic nitrogens is 2. The summed E-state index contributed by atoms with van der Waals surface area (Å²) in [6.07, 6.45) is 0. The molecule has 1 aromatic carbocycles. The monoisotopic (exact) mass is 257 g/mol. The Kier molecular flexibility index (Phi) is 3.97. The van der Waals surface area contributed by atoms with Gasteiger partial charge in [0.2, 0.25) is 5.95 Å². The summed E-state index contributed by atoms with van der Waals surface area (Å²) in [5.41, 5.74) is 5.93. The molecule has 3 N–H and O–H groups in total. The summed E-state index contributed by atoms with van der Waals surface area (Å²) >= 11 is 0. The number of nitrogens with one attached hydrogen (secondary N) is 1. The van der Waals surface area contributed by atoms with Crippen molar-refractivity contribution >= 4 is 11.8 Å². The van der Waals surface area contributed by atoms with E-state index < -0.39 is 0 Å². The Balaban J connectivity index is 2.22. The maximum Gasteiger partial charge on any atom is 0.239 e. The predicted molar refractivity (Wildman–Crippen MR) is 77.9 cm³/mol. The number of hydrogen-bond acceptors (Lipinski definition) is 5. The second kappa shape index (κ2) is 5.67. The van der Waals surface area contributed by atoms with Crippen LogP contribution in [0.3, 0.4) is 0 Å². The highest BCUT2D eigenvalue weighted by Crippen LogP contribution is 2.17. The summed E-state index contributed by atoms with van der Waals surface area (Å²) < 4.78 is 0. The number of aryl methyl sites for hydroxylation is 2. The molecular weight excluding hydrogens is 238 g/mol. The minimum atomic E-state index is 0.437. The Morgan fingerprint density at radius 2 is 1.95 bits per heavy atom. The van der Waals surface area contributed by atoms with Crippen molar-refractivity contribution in [1.29, 1.82) is 0 Å². The fourth-order valence-electron chi connectivity index (χ4n) is 1.94. The van der Waals surface area contributed by atoms with Gasteiger partial charge in [-0.3, -0.25) is 5.43 Å². The Bertz CT molecular complexity index is 568. The molecule has 100 valence electrons. The van der Waals surface area contributed by atoms with Gasteiger partial charge in [0.1, 0.15) is 5.82 Å². The lowest BCUT2D eigenvalue weighted by atomic mass is 10.1. The molecule has 0 saturated carbocycles. The van der Waals surface area contributed by atoms with Crippen LogP contribution in [0.2, 0.25) is 0 Å². The maximum atomic E-state index is 5.37. The molecule has 0 saturated heterocycles. The zero-order chi connectivity index (χ0) is 13.8. The van der Waals surface area contributed by atoms with Gasteiger partial charge >= 0.3 is 0 Å². The van der Waals surface area contributed by atoms with Crippen molar-refractivity contribution in [1.82, 2.24) is 9.97 Å². The van der Waals surface area contributed by atoms with Crippen LogP contribution in [0.25, 0.3) is 0 Å². The summed E-state index contributed by atoms with van der Waals surface area (Å²) in [4.78, 5) is 10.6. The minimum absolute atomic E-state index is 0.437. The fourth-order valence-corrected chi connectivity index (χ4v) is 1.94. The van der Waals surface area contributed by atoms with Gasteiger partial charge in [-0.1, -0.05) is 24.3 Å². The van der Waals surface area contributed by atoms with Crippen LogP contribution in [-0.2, 0) is 6.54 Å². The van der Waals surface area contributed by atoms with Crippen molar-refractivity contribution < 1.29 is 0 Å². The molecule has 0 bridgehead atoms. The highest BCUT2D eigenvalue weighted by atomic mass is 15.3. The molecule has 0 unspecified atom stereocenters. The van der Waals surface area contributed by atoms with E-state index >= 15 is 0 Å². The smallest absolute Gasteiger partial charge is 0.239 e. The van der Waals surface area contributed by atoms with Crippen LogP contribution >= 0.6 is 0 Å². The molecule has 0 aliphatic carbocycles. The largest absolute Gasteiger partial charge is 0.355 e. The molecule has 2 rings (SSSR count). The van der Waals surface area contributed by atoms with Gasteiger partial charge in [-0.2, -0.15) is 4.98 Å². The van der Waals surface area contributed by atoms with Crippen LogP contribution in [-0.4, -0.2) is 17.0 Å². The third-order valence-electron chi connectivity index (χ3n) is 3.03. The van der Waals surface area contributed by atoms with Gasteiger partial charge in [-0.15, -0.1) is 0 Å². The molecule has 0 atom stereocenters. The summed E-state index contributed by atoms with van der Waals surface area (Å²) in [6, 6.07) is 10.3. The van der Waals surface area contributed by atoms with Gasteiger partial charge in [0.15, 0.2) is 0 Å². The Labute approximate surface area is 113 Å². The van der Waals surface area contributed by atoms with Gasteiger partial charge in [0.05, 0.1) is 0 Å². The fraction of sp³-hybridized carbons (Fsp3) is 0.286. The normalized spacial score (nSPS) is 10.3. The molecule has 0 fully saturated rings. The number of benzene rings is 1. The first-order valence-electron chi connectivity index (χ1n) is 6.18. The average molecular weight is 257 g/mol. The number of hydrazine groups is 1. The zero-order valence-electron chi connectivity index (χ0n) is 11.5. The molecule has 1 aromatic heterocycles. The van der Waals surface area contributed by atoms with Crippen molar-refractivity contribution in [3.8, 4) is 0 Å². The molecule has 0 aliphatic rings. The summed E-state index contributed by atoms with van der Waals surface area (Å²) in [7, 11) is 2.01. The summed E-state index contributed by atoms with van der Waals surface area (Å²) in [5, 5.41) is 0. The Morgan fingerprint density at radius 1 is 1.21 bits per heavy atom. The van der Waals surface area contributed by atoms with Gasteiger partial charge in [-0.05, 0) is 25.0 Å². The van der Waals surface area contributed by atoms with Crippen molar-refractivity contribution in [3.63, 3.8) is 0 Å². The van der Waals surface area contributed by atoms with Crippen LogP contribution in [0.1, 0.15) is 16.8 Å². The van der Waals surface area contributed by atoms with E-state index in [-0.39, 0.29) is 0 Å². The third-order valence-corrected chi connectivity index (χ3v) is 3.03. The lowest BCUT2D eigenvalue weighted by molar-refractivity contribution is 0.880. The van der Waals surface area contributed by atoms with Crippen molar-refractivity contribution in [2.75, 3.05) is 17.4 Å². The van der Waals surface area contributed by atoms with E-state index in [1.807, 2.05) is 32.2 Å². The highest BCUT2D eigenvalue weighted by molar-refractivity contribution is 5.44. The Hall–Kier alpha value is -2.14. The first-order valence-corrected chi connectivity index (χ1v) is 6.18. The van der Waals surface area contributed by atoms with Crippen LogP contribution < -0.4 is 16.2 Å². The van der Waals surface area contributed by atoms with E-state index in [1.165, 1.54) is 11.1 Å². The van der Waals surface area contributed by atoms with Crippen molar-refractivity contribution in [2.24, 2.45) is 5.84 Å². The third kappa shape index (κ3) is 3.20. The molecule has 0 radical (unpaired) electrons. The SMILES string of the molecule is Cc1cc(N(C)Cc2ccccc2C)nc(NN)n1. The standard InChI is InChI=1S/C14H19N5/c1-10-6-4-5-7-12(10)9-19(3)13-8-11(2)16-14(17-13)18-15/h4-8H,9,15H2,1-3H3,(H,16,17,18). The van der Waals surface area contributed by atoms with E-state index in [1.54, 1.807) is 0 Å². The molecule has 2 aromatic rings. The first-order chi connectivity index (χ1) is 9.10.